The molecule has 2 aliphatic heterocycles. The van der Waals surface area contributed by atoms with E-state index in [-0.39, 0.29) is 11.7 Å². The van der Waals surface area contributed by atoms with Crippen LogP contribution in [0.5, 0.6) is 0 Å². The minimum atomic E-state index is 0.0779. The van der Waals surface area contributed by atoms with Gasteiger partial charge in [0.25, 0.3) is 0 Å². The summed E-state index contributed by atoms with van der Waals surface area (Å²) in [6.45, 7) is 4.27. The molecule has 0 aliphatic carbocycles. The van der Waals surface area contributed by atoms with Crippen LogP contribution in [-0.4, -0.2) is 48.6 Å². The van der Waals surface area contributed by atoms with Gasteiger partial charge in [-0.15, -0.1) is 0 Å². The van der Waals surface area contributed by atoms with E-state index >= 15 is 0 Å². The lowest BCUT2D eigenvalue weighted by Gasteiger charge is -2.22. The minimum absolute atomic E-state index is 0.0779. The Labute approximate surface area is 182 Å². The Morgan fingerprint density at radius 3 is 3.03 bits per heavy atom. The van der Waals surface area contributed by atoms with Crippen molar-refractivity contribution >= 4 is 23.2 Å². The van der Waals surface area contributed by atoms with E-state index in [0.29, 0.717) is 17.4 Å². The van der Waals surface area contributed by atoms with Crippen molar-refractivity contribution < 1.29 is 9.53 Å². The van der Waals surface area contributed by atoms with Crippen LogP contribution in [-0.2, 0) is 16.0 Å². The SMILES string of the molecule is O=C(Cc1cc(-c2cccc(NC[C@@H]3CCCOC3)n2)c(Cl)cn1)[C@@H]1CCCNC1. The van der Waals surface area contributed by atoms with Crippen molar-refractivity contribution in [3.05, 3.63) is 41.2 Å². The molecule has 0 bridgehead atoms. The van der Waals surface area contributed by atoms with Crippen molar-refractivity contribution in [3.8, 4) is 11.3 Å². The quantitative estimate of drug-likeness (QED) is 0.699. The van der Waals surface area contributed by atoms with Crippen molar-refractivity contribution in [3.63, 3.8) is 0 Å². The number of nitrogens with one attached hydrogen (secondary N) is 2. The van der Waals surface area contributed by atoms with Gasteiger partial charge in [0.2, 0.25) is 0 Å². The normalized spacial score (nSPS) is 21.9. The number of anilines is 1. The number of aromatic nitrogens is 2. The summed E-state index contributed by atoms with van der Waals surface area (Å²) < 4.78 is 5.55. The molecule has 2 aromatic rings. The van der Waals surface area contributed by atoms with Gasteiger partial charge in [-0.05, 0) is 56.3 Å². The third-order valence-corrected chi connectivity index (χ3v) is 6.17. The maximum atomic E-state index is 12.6. The standard InChI is InChI=1S/C23H29ClN4O2/c24-20-14-26-18(11-22(29)17-5-2-8-25-13-17)10-19(20)21-6-1-7-23(28-21)27-12-16-4-3-9-30-15-16/h1,6-7,10,14,16-17,25H,2-5,8-9,11-13,15H2,(H,27,28)/t16-,17+/m0/s1. The fraction of sp³-hybridized carbons (Fsp3) is 0.522. The van der Waals surface area contributed by atoms with Gasteiger partial charge < -0.3 is 15.4 Å². The Balaban J connectivity index is 1.45. The first-order valence-electron chi connectivity index (χ1n) is 10.9. The molecule has 2 saturated heterocycles. The molecule has 30 heavy (non-hydrogen) atoms. The van der Waals surface area contributed by atoms with Gasteiger partial charge in [0, 0.05) is 49.5 Å². The predicted octanol–water partition coefficient (Wildman–Crippen LogP) is 3.75. The van der Waals surface area contributed by atoms with Crippen LogP contribution in [0.15, 0.2) is 30.5 Å². The zero-order valence-electron chi connectivity index (χ0n) is 17.2. The number of halogens is 1. The predicted molar refractivity (Wildman–Crippen MR) is 119 cm³/mol. The van der Waals surface area contributed by atoms with Crippen LogP contribution in [0.4, 0.5) is 5.82 Å². The number of rotatable bonds is 7. The largest absolute Gasteiger partial charge is 0.381 e. The topological polar surface area (TPSA) is 76.1 Å². The molecule has 2 aliphatic rings. The van der Waals surface area contributed by atoms with E-state index in [4.69, 9.17) is 21.3 Å². The first-order chi connectivity index (χ1) is 14.7. The minimum Gasteiger partial charge on any atom is -0.381 e. The van der Waals surface area contributed by atoms with Crippen LogP contribution < -0.4 is 10.6 Å². The average Bonchev–Trinajstić information content (AvgIpc) is 2.80. The summed E-state index contributed by atoms with van der Waals surface area (Å²) in [7, 11) is 0. The number of carbonyl (C=O) groups is 1. The van der Waals surface area contributed by atoms with Crippen LogP contribution in [0, 0.1) is 11.8 Å². The van der Waals surface area contributed by atoms with Gasteiger partial charge in [-0.25, -0.2) is 4.98 Å². The molecular weight excluding hydrogens is 400 g/mol. The second-order valence-electron chi connectivity index (χ2n) is 8.21. The zero-order valence-corrected chi connectivity index (χ0v) is 18.0. The first-order valence-corrected chi connectivity index (χ1v) is 11.2. The number of nitrogens with zero attached hydrogens (tertiary/aromatic N) is 2. The van der Waals surface area contributed by atoms with E-state index < -0.39 is 0 Å². The monoisotopic (exact) mass is 428 g/mol. The summed E-state index contributed by atoms with van der Waals surface area (Å²) in [4.78, 5) is 21.8. The molecule has 2 aromatic heterocycles. The molecule has 7 heteroatoms. The summed E-state index contributed by atoms with van der Waals surface area (Å²) in [6, 6.07) is 7.77. The number of hydrogen-bond acceptors (Lipinski definition) is 6. The third-order valence-electron chi connectivity index (χ3n) is 5.87. The fourth-order valence-electron chi connectivity index (χ4n) is 4.12. The smallest absolute Gasteiger partial charge is 0.143 e. The maximum absolute atomic E-state index is 12.6. The van der Waals surface area contributed by atoms with E-state index in [1.807, 2.05) is 24.3 Å². The van der Waals surface area contributed by atoms with Crippen LogP contribution in [0.3, 0.4) is 0 Å². The van der Waals surface area contributed by atoms with Crippen molar-refractivity contribution in [2.75, 3.05) is 38.2 Å². The molecule has 6 nitrogen and oxygen atoms in total. The van der Waals surface area contributed by atoms with E-state index in [1.165, 1.54) is 6.42 Å². The molecule has 4 heterocycles. The highest BCUT2D eigenvalue weighted by molar-refractivity contribution is 6.33. The molecule has 2 atom stereocenters. The highest BCUT2D eigenvalue weighted by atomic mass is 35.5. The summed E-state index contributed by atoms with van der Waals surface area (Å²) in [5, 5.41) is 7.26. The third kappa shape index (κ3) is 5.56. The fourth-order valence-corrected chi connectivity index (χ4v) is 4.33. The van der Waals surface area contributed by atoms with Gasteiger partial charge in [-0.3, -0.25) is 9.78 Å². The molecular formula is C23H29ClN4O2. The van der Waals surface area contributed by atoms with E-state index in [0.717, 1.165) is 74.9 Å². The average molecular weight is 429 g/mol. The number of piperidine rings is 1. The molecule has 2 N–H and O–H groups in total. The van der Waals surface area contributed by atoms with Gasteiger partial charge in [-0.1, -0.05) is 17.7 Å². The summed E-state index contributed by atoms with van der Waals surface area (Å²) >= 11 is 6.43. The van der Waals surface area contributed by atoms with Crippen molar-refractivity contribution in [2.45, 2.75) is 32.1 Å². The van der Waals surface area contributed by atoms with E-state index in [2.05, 4.69) is 15.6 Å². The van der Waals surface area contributed by atoms with Gasteiger partial charge in [0.05, 0.1) is 17.3 Å². The number of pyridine rings is 2. The summed E-state index contributed by atoms with van der Waals surface area (Å²) in [5.74, 6) is 1.65. The van der Waals surface area contributed by atoms with Gasteiger partial charge >= 0.3 is 0 Å². The number of hydrogen-bond donors (Lipinski definition) is 2. The number of ether oxygens (including phenoxy) is 1. The molecule has 4 rings (SSSR count). The number of ketones is 1. The zero-order chi connectivity index (χ0) is 20.8. The lowest BCUT2D eigenvalue weighted by Crippen LogP contribution is -2.35. The Morgan fingerprint density at radius 2 is 2.23 bits per heavy atom. The molecule has 0 unspecified atom stereocenters. The van der Waals surface area contributed by atoms with Crippen LogP contribution in [0.25, 0.3) is 11.3 Å². The molecule has 0 spiro atoms. The summed E-state index contributed by atoms with van der Waals surface area (Å²) in [6.07, 6.45) is 6.25. The van der Waals surface area contributed by atoms with Crippen LogP contribution in [0.1, 0.15) is 31.4 Å². The maximum Gasteiger partial charge on any atom is 0.143 e. The molecule has 0 radical (unpaired) electrons. The van der Waals surface area contributed by atoms with Crippen molar-refractivity contribution in [1.29, 1.82) is 0 Å². The second kappa shape index (κ2) is 10.3. The van der Waals surface area contributed by atoms with Gasteiger partial charge in [0.15, 0.2) is 0 Å². The van der Waals surface area contributed by atoms with E-state index in [9.17, 15) is 4.79 Å². The Morgan fingerprint density at radius 1 is 1.30 bits per heavy atom. The van der Waals surface area contributed by atoms with Gasteiger partial charge in [0.1, 0.15) is 11.6 Å². The van der Waals surface area contributed by atoms with Crippen molar-refractivity contribution in [1.82, 2.24) is 15.3 Å². The second-order valence-corrected chi connectivity index (χ2v) is 8.62. The molecule has 0 aromatic carbocycles. The number of carbonyl (C=O) groups excluding carboxylic acids is 1. The first kappa shape index (κ1) is 21.2. The Bertz CT molecular complexity index is 864. The lowest BCUT2D eigenvalue weighted by atomic mass is 9.92. The van der Waals surface area contributed by atoms with Gasteiger partial charge in [-0.2, -0.15) is 0 Å². The van der Waals surface area contributed by atoms with Crippen molar-refractivity contribution in [2.24, 2.45) is 11.8 Å². The Kier molecular flexibility index (Phi) is 7.31. The van der Waals surface area contributed by atoms with Crippen LogP contribution in [0.2, 0.25) is 5.02 Å². The van der Waals surface area contributed by atoms with E-state index in [1.54, 1.807) is 6.20 Å². The Hall–Kier alpha value is -2.02. The highest BCUT2D eigenvalue weighted by Crippen LogP contribution is 2.28. The number of Topliss-reactive ketones (excluding diaryl/α,β-unsaturated/α-hetero) is 1. The molecule has 2 fully saturated rings. The molecule has 160 valence electrons. The van der Waals surface area contributed by atoms with Crippen LogP contribution >= 0.6 is 11.6 Å². The summed E-state index contributed by atoms with van der Waals surface area (Å²) in [5.41, 5.74) is 2.32. The molecule has 0 amide bonds. The highest BCUT2D eigenvalue weighted by Gasteiger charge is 2.22. The molecule has 0 saturated carbocycles. The lowest BCUT2D eigenvalue weighted by molar-refractivity contribution is -0.122.